The van der Waals surface area contributed by atoms with Crippen molar-refractivity contribution in [2.75, 3.05) is 36.0 Å². The van der Waals surface area contributed by atoms with E-state index < -0.39 is 15.7 Å². The van der Waals surface area contributed by atoms with Crippen LogP contribution < -0.4 is 9.80 Å². The number of nitro groups is 1. The first-order chi connectivity index (χ1) is 20.7. The number of rotatable bonds is 5. The van der Waals surface area contributed by atoms with Gasteiger partial charge >= 0.3 is 0 Å². The van der Waals surface area contributed by atoms with E-state index >= 15 is 0 Å². The lowest BCUT2D eigenvalue weighted by atomic mass is 10.0. The Morgan fingerprint density at radius 2 is 1.60 bits per heavy atom. The van der Waals surface area contributed by atoms with E-state index in [1.165, 1.54) is 12.1 Å². The second kappa shape index (κ2) is 11.4. The number of hydrogen-bond acceptors (Lipinski definition) is 6. The molecular formula is C33H30N4O5S. The van der Waals surface area contributed by atoms with Crippen LogP contribution in [0.2, 0.25) is 0 Å². The second-order valence-electron chi connectivity index (χ2n) is 10.8. The summed E-state index contributed by atoms with van der Waals surface area (Å²) < 4.78 is 13.8. The fraction of sp³-hybridized carbons (Fsp3) is 0.212. The average molecular weight is 595 g/mol. The number of benzene rings is 4. The molecule has 0 unspecified atom stereocenters. The van der Waals surface area contributed by atoms with Crippen molar-refractivity contribution in [3.63, 3.8) is 0 Å². The molecule has 0 radical (unpaired) electrons. The summed E-state index contributed by atoms with van der Waals surface area (Å²) in [4.78, 5) is 44.8. The molecule has 43 heavy (non-hydrogen) atoms. The maximum absolute atomic E-state index is 14.0. The van der Waals surface area contributed by atoms with Crippen molar-refractivity contribution in [3.05, 3.63) is 123 Å². The van der Waals surface area contributed by atoms with Crippen LogP contribution >= 0.6 is 0 Å². The summed E-state index contributed by atoms with van der Waals surface area (Å²) in [6.07, 6.45) is 0. The molecular weight excluding hydrogens is 564 g/mol. The lowest BCUT2D eigenvalue weighted by Gasteiger charge is -2.36. The van der Waals surface area contributed by atoms with Gasteiger partial charge in [0.05, 0.1) is 43.3 Å². The van der Waals surface area contributed by atoms with E-state index in [0.29, 0.717) is 52.8 Å². The SMILES string of the molecule is Cc1ccc(C)c(CN2C(=O)c3ccccc3[S@](=O)c3ccc(C(=O)N4CCN(c5ccc([N+](=O)[O-])cc5)CC4)cc32)c1. The summed E-state index contributed by atoms with van der Waals surface area (Å²) in [7, 11) is -1.61. The lowest BCUT2D eigenvalue weighted by Crippen LogP contribution is -2.48. The predicted molar refractivity (Wildman–Crippen MR) is 165 cm³/mol. The fourth-order valence-corrected chi connectivity index (χ4v) is 6.97. The number of non-ortho nitro benzene ring substituents is 1. The normalized spacial score (nSPS) is 16.4. The molecule has 2 amide bonds. The van der Waals surface area contributed by atoms with E-state index in [2.05, 4.69) is 11.0 Å². The van der Waals surface area contributed by atoms with Gasteiger partial charge in [0, 0.05) is 49.6 Å². The van der Waals surface area contributed by atoms with Crippen molar-refractivity contribution in [1.82, 2.24) is 4.90 Å². The molecule has 0 saturated carbocycles. The zero-order valence-electron chi connectivity index (χ0n) is 23.9. The molecule has 218 valence electrons. The van der Waals surface area contributed by atoms with Crippen molar-refractivity contribution in [1.29, 1.82) is 0 Å². The van der Waals surface area contributed by atoms with Crippen LogP contribution in [0.25, 0.3) is 0 Å². The van der Waals surface area contributed by atoms with Crippen molar-refractivity contribution in [2.24, 2.45) is 0 Å². The Hall–Kier alpha value is -4.83. The third-order valence-electron chi connectivity index (χ3n) is 8.08. The largest absolute Gasteiger partial charge is 0.368 e. The van der Waals surface area contributed by atoms with Crippen LogP contribution in [0.4, 0.5) is 17.1 Å². The van der Waals surface area contributed by atoms with Gasteiger partial charge in [-0.25, -0.2) is 4.21 Å². The van der Waals surface area contributed by atoms with E-state index in [1.54, 1.807) is 64.4 Å². The number of piperazine rings is 1. The first kappa shape index (κ1) is 28.3. The lowest BCUT2D eigenvalue weighted by molar-refractivity contribution is -0.384. The van der Waals surface area contributed by atoms with E-state index in [1.807, 2.05) is 26.0 Å². The molecule has 4 aromatic rings. The van der Waals surface area contributed by atoms with Crippen LogP contribution in [0.3, 0.4) is 0 Å². The average Bonchev–Trinajstić information content (AvgIpc) is 3.11. The van der Waals surface area contributed by atoms with Crippen LogP contribution in [0.5, 0.6) is 0 Å². The summed E-state index contributed by atoms with van der Waals surface area (Å²) in [5.74, 6) is -0.428. The van der Waals surface area contributed by atoms with E-state index in [-0.39, 0.29) is 24.0 Å². The molecule has 1 fully saturated rings. The molecule has 2 heterocycles. The van der Waals surface area contributed by atoms with Crippen molar-refractivity contribution < 1.29 is 18.7 Å². The van der Waals surface area contributed by atoms with Gasteiger partial charge in [-0.1, -0.05) is 35.9 Å². The van der Waals surface area contributed by atoms with Gasteiger partial charge in [0.1, 0.15) is 0 Å². The molecule has 0 aromatic heterocycles. The van der Waals surface area contributed by atoms with Gasteiger partial charge < -0.3 is 14.7 Å². The van der Waals surface area contributed by atoms with Gasteiger partial charge in [-0.05, 0) is 67.4 Å². The quantitative estimate of drug-likeness (QED) is 0.223. The molecule has 1 saturated heterocycles. The Kier molecular flexibility index (Phi) is 7.53. The maximum atomic E-state index is 14.0. The first-order valence-electron chi connectivity index (χ1n) is 14.0. The number of anilines is 2. The van der Waals surface area contributed by atoms with Crippen molar-refractivity contribution in [2.45, 2.75) is 30.2 Å². The van der Waals surface area contributed by atoms with Gasteiger partial charge in [0.25, 0.3) is 17.5 Å². The number of amides is 2. The predicted octanol–water partition coefficient (Wildman–Crippen LogP) is 5.50. The number of fused-ring (bicyclic) bond motifs is 2. The van der Waals surface area contributed by atoms with Crippen molar-refractivity contribution >= 4 is 39.7 Å². The Morgan fingerprint density at radius 1 is 0.884 bits per heavy atom. The molecule has 1 atom stereocenters. The third-order valence-corrected chi connectivity index (χ3v) is 9.58. The molecule has 2 aliphatic rings. The number of aryl methyl sites for hydroxylation is 2. The van der Waals surface area contributed by atoms with E-state index in [0.717, 1.165) is 22.4 Å². The summed E-state index contributed by atoms with van der Waals surface area (Å²) in [5.41, 5.74) is 5.27. The molecule has 0 N–H and O–H groups in total. The Labute approximate surface area is 252 Å². The number of nitrogens with zero attached hydrogens (tertiary/aromatic N) is 4. The molecule has 4 aromatic carbocycles. The summed E-state index contributed by atoms with van der Waals surface area (Å²) in [6.45, 7) is 6.36. The molecule has 0 aliphatic carbocycles. The standard InChI is InChI=1S/C33H30N4O5S/c1-22-7-8-23(2)25(19-22)21-36-29-20-24(9-14-31(29)43(42)30-6-4-3-5-28(30)33(36)39)32(38)35-17-15-34(16-18-35)26-10-12-27(13-11-26)37(40)41/h3-14,19-20H,15-18,21H2,1-2H3/t43-/m0/s1. The van der Waals surface area contributed by atoms with Gasteiger partial charge in [0.15, 0.2) is 0 Å². The molecule has 6 rings (SSSR count). The highest BCUT2D eigenvalue weighted by Gasteiger charge is 2.32. The van der Waals surface area contributed by atoms with Gasteiger partial charge in [-0.15, -0.1) is 0 Å². The highest BCUT2D eigenvalue weighted by Crippen LogP contribution is 2.37. The maximum Gasteiger partial charge on any atom is 0.269 e. The Morgan fingerprint density at radius 3 is 2.33 bits per heavy atom. The molecule has 2 aliphatic heterocycles. The fourth-order valence-electron chi connectivity index (χ4n) is 5.63. The van der Waals surface area contributed by atoms with E-state index in [9.17, 15) is 23.9 Å². The number of hydrogen-bond donors (Lipinski definition) is 0. The smallest absolute Gasteiger partial charge is 0.269 e. The Bertz CT molecular complexity index is 1780. The van der Waals surface area contributed by atoms with Crippen LogP contribution in [-0.4, -0.2) is 52.0 Å². The topological polar surface area (TPSA) is 104 Å². The van der Waals surface area contributed by atoms with E-state index in [4.69, 9.17) is 0 Å². The number of nitro benzene ring substituents is 1. The first-order valence-corrected chi connectivity index (χ1v) is 15.2. The highest BCUT2D eigenvalue weighted by atomic mass is 32.2. The zero-order chi connectivity index (χ0) is 30.2. The zero-order valence-corrected chi connectivity index (χ0v) is 24.7. The van der Waals surface area contributed by atoms with Crippen LogP contribution in [-0.2, 0) is 17.3 Å². The molecule has 0 spiro atoms. The molecule has 10 heteroatoms. The van der Waals surface area contributed by atoms with Gasteiger partial charge in [-0.3, -0.25) is 19.7 Å². The van der Waals surface area contributed by atoms with Crippen LogP contribution in [0.15, 0.2) is 94.7 Å². The third kappa shape index (κ3) is 5.41. The monoisotopic (exact) mass is 594 g/mol. The highest BCUT2D eigenvalue weighted by molar-refractivity contribution is 7.85. The summed E-state index contributed by atoms with van der Waals surface area (Å²) >= 11 is 0. The minimum atomic E-state index is -1.61. The van der Waals surface area contributed by atoms with Crippen LogP contribution in [0, 0.1) is 24.0 Å². The Balaban J connectivity index is 1.30. The van der Waals surface area contributed by atoms with Gasteiger partial charge in [0.2, 0.25) is 0 Å². The molecule has 9 nitrogen and oxygen atoms in total. The number of carbonyl (C=O) groups is 2. The van der Waals surface area contributed by atoms with Gasteiger partial charge in [-0.2, -0.15) is 0 Å². The van der Waals surface area contributed by atoms with Crippen molar-refractivity contribution in [3.8, 4) is 0 Å². The van der Waals surface area contributed by atoms with Crippen LogP contribution in [0.1, 0.15) is 37.4 Å². The molecule has 0 bridgehead atoms. The minimum Gasteiger partial charge on any atom is -0.368 e. The number of carbonyl (C=O) groups excluding carboxylic acids is 2. The second-order valence-corrected chi connectivity index (χ2v) is 12.2. The minimum absolute atomic E-state index is 0.0369. The summed E-state index contributed by atoms with van der Waals surface area (Å²) in [6, 6.07) is 24.6. The summed E-state index contributed by atoms with van der Waals surface area (Å²) in [5, 5.41) is 11.0.